The lowest BCUT2D eigenvalue weighted by Gasteiger charge is -2.40. The van der Waals surface area contributed by atoms with Gasteiger partial charge < -0.3 is 4.57 Å². The lowest BCUT2D eigenvalue weighted by Crippen LogP contribution is -2.69. The van der Waals surface area contributed by atoms with Gasteiger partial charge in [-0.1, -0.05) is 72.8 Å². The number of hydrogen-bond donors (Lipinski definition) is 0. The second kappa shape index (κ2) is 18.1. The van der Waals surface area contributed by atoms with E-state index in [-0.39, 0.29) is 0 Å². The number of alkyl halides is 39. The zero-order valence-electron chi connectivity index (χ0n) is 34.5. The Morgan fingerprint density at radius 2 is 0.325 bits per heavy atom. The van der Waals surface area contributed by atoms with E-state index >= 15 is 0 Å². The summed E-state index contributed by atoms with van der Waals surface area (Å²) >= 11 is 0. The Kier molecular flexibility index (Phi) is 15.6. The number of rotatable bonds is 18. The number of hydrogen-bond acceptors (Lipinski definition) is 1. The third-order valence-electron chi connectivity index (χ3n) is 10.6. The summed E-state index contributed by atoms with van der Waals surface area (Å²) in [5.74, 6) is -123. The minimum Gasteiger partial charge on any atom is -0.309 e. The van der Waals surface area contributed by atoms with Crippen molar-refractivity contribution in [2.24, 2.45) is 0 Å². The molecule has 0 bridgehead atoms. The molecule has 0 heterocycles. The summed E-state index contributed by atoms with van der Waals surface area (Å²) < 4.78 is 552. The summed E-state index contributed by atoms with van der Waals surface area (Å²) in [6.45, 7) is 0. The van der Waals surface area contributed by atoms with Crippen molar-refractivity contribution in [2.45, 2.75) is 107 Å². The van der Waals surface area contributed by atoms with E-state index < -0.39 is 220 Å². The fourth-order valence-electron chi connectivity index (χ4n) is 5.94. The smallest absolute Gasteiger partial charge is 0.309 e. The van der Waals surface area contributed by atoms with Crippen LogP contribution in [0.15, 0.2) is 72.8 Å². The van der Waals surface area contributed by atoms with Gasteiger partial charge in [0, 0.05) is 32.6 Å². The third kappa shape index (κ3) is 8.85. The van der Waals surface area contributed by atoms with Crippen molar-refractivity contribution in [1.29, 1.82) is 0 Å². The minimum atomic E-state index is -8.56. The van der Waals surface area contributed by atoms with E-state index in [1.165, 1.54) is 0 Å². The van der Waals surface area contributed by atoms with E-state index in [1.54, 1.807) is 0 Å². The second-order valence-corrected chi connectivity index (χ2v) is 18.1. The van der Waals surface area contributed by atoms with Crippen molar-refractivity contribution in [3.05, 3.63) is 89.5 Å². The lowest BCUT2D eigenvalue weighted by atomic mass is 9.90. The monoisotopic (exact) mass is 1230 g/mol. The molecule has 0 atom stereocenters. The molecule has 0 aliphatic heterocycles. The zero-order valence-corrected chi connectivity index (χ0v) is 35.4. The molecule has 41 heteroatoms. The van der Waals surface area contributed by atoms with Crippen LogP contribution in [0.25, 0.3) is 0 Å². The van der Waals surface area contributed by atoms with Gasteiger partial charge in [0.05, 0.1) is 0 Å². The molecular formula is C36H12F39OP. The molecule has 3 aromatic carbocycles. The molecule has 0 aliphatic rings. The molecule has 0 aliphatic carbocycles. The van der Waals surface area contributed by atoms with Gasteiger partial charge in [-0.05, 0) is 0 Å². The standard InChI is InChI=1S/C36H12F39OP/c37-19(38,22(43,44)25(49,50)28(55,56)31(61,62)34(67,68)69)13-1-7-16(8-2-13)77(76,17-9-3-14(4-10-17)20(39,40)23(45,46)26(51,52)29(57,58)32(63,64)35(70,71)72)18-11-5-15(6-12-18)21(41,42)24(47,48)27(53,54)30(59,60)33(65,66)36(73,74)75/h1-12H. The van der Waals surface area contributed by atoms with Crippen LogP contribution in [0, 0.1) is 0 Å². The molecule has 0 saturated heterocycles. The van der Waals surface area contributed by atoms with Gasteiger partial charge in [0.1, 0.15) is 0 Å². The van der Waals surface area contributed by atoms with Crippen LogP contribution in [0.3, 0.4) is 0 Å². The first-order valence-electron chi connectivity index (χ1n) is 18.2. The maximum absolute atomic E-state index is 15.0. The summed E-state index contributed by atoms with van der Waals surface area (Å²) in [7, 11) is -6.19. The molecule has 77 heavy (non-hydrogen) atoms. The fourth-order valence-corrected chi connectivity index (χ4v) is 8.54. The molecule has 0 unspecified atom stereocenters. The Bertz CT molecular complexity index is 2360. The molecule has 3 aromatic rings. The van der Waals surface area contributed by atoms with Gasteiger partial charge in [0.2, 0.25) is 0 Å². The third-order valence-corrected chi connectivity index (χ3v) is 13.7. The predicted molar refractivity (Wildman–Crippen MR) is 175 cm³/mol. The van der Waals surface area contributed by atoms with Crippen LogP contribution in [0.4, 0.5) is 171 Å². The summed E-state index contributed by atoms with van der Waals surface area (Å²) in [6, 6.07) is -9.10. The highest BCUT2D eigenvalue weighted by Crippen LogP contribution is 2.66. The van der Waals surface area contributed by atoms with Crippen LogP contribution in [0.2, 0.25) is 0 Å². The van der Waals surface area contributed by atoms with Crippen molar-refractivity contribution >= 4 is 23.1 Å². The van der Waals surface area contributed by atoms with Gasteiger partial charge in [-0.25, -0.2) is 0 Å². The largest absolute Gasteiger partial charge is 0.460 e. The first kappa shape index (κ1) is 66.4. The normalized spacial score (nSPS) is 16.0. The average molecular weight is 1230 g/mol. The van der Waals surface area contributed by atoms with Crippen LogP contribution in [0.5, 0.6) is 0 Å². The van der Waals surface area contributed by atoms with Crippen molar-refractivity contribution in [2.75, 3.05) is 0 Å². The molecule has 0 fully saturated rings. The van der Waals surface area contributed by atoms with Gasteiger partial charge in [0.25, 0.3) is 0 Å². The van der Waals surface area contributed by atoms with E-state index in [1.807, 2.05) is 0 Å². The number of halogens is 39. The van der Waals surface area contributed by atoms with Crippen LogP contribution < -0.4 is 15.9 Å². The van der Waals surface area contributed by atoms with E-state index in [4.69, 9.17) is 0 Å². The topological polar surface area (TPSA) is 17.1 Å². The quantitative estimate of drug-likeness (QED) is 0.0916. The highest BCUT2D eigenvalue weighted by molar-refractivity contribution is 7.85. The molecular weight excluding hydrogens is 1220 g/mol. The highest BCUT2D eigenvalue weighted by atomic mass is 31.2. The summed E-state index contributed by atoms with van der Waals surface area (Å²) in [5, 5.41) is -5.38. The average Bonchev–Trinajstić information content (AvgIpc) is 3.26. The van der Waals surface area contributed by atoms with Crippen LogP contribution in [0.1, 0.15) is 16.7 Å². The maximum Gasteiger partial charge on any atom is 0.460 e. The molecule has 0 saturated carbocycles. The first-order chi connectivity index (χ1) is 33.4. The predicted octanol–water partition coefficient (Wildman–Crippen LogP) is 15.9. The molecule has 0 amide bonds. The summed E-state index contributed by atoms with van der Waals surface area (Å²) in [4.78, 5) is 0. The minimum absolute atomic E-state index is 0.582. The Hall–Kier alpha value is -4.84. The Labute approximate surface area is 396 Å². The second-order valence-electron chi connectivity index (χ2n) is 15.4. The zero-order chi connectivity index (χ0) is 61.4. The van der Waals surface area contributed by atoms with E-state index in [0.717, 1.165) is 0 Å². The lowest BCUT2D eigenvalue weighted by molar-refractivity contribution is -0.441. The van der Waals surface area contributed by atoms with Crippen molar-refractivity contribution in [3.63, 3.8) is 0 Å². The molecule has 3 rings (SSSR count). The van der Waals surface area contributed by atoms with Crippen LogP contribution >= 0.6 is 7.14 Å². The van der Waals surface area contributed by atoms with Gasteiger partial charge in [-0.3, -0.25) is 0 Å². The van der Waals surface area contributed by atoms with Crippen molar-refractivity contribution in [1.82, 2.24) is 0 Å². The van der Waals surface area contributed by atoms with Crippen LogP contribution in [-0.4, -0.2) is 89.6 Å². The Balaban J connectivity index is 2.41. The molecule has 440 valence electrons. The molecule has 0 N–H and O–H groups in total. The van der Waals surface area contributed by atoms with Crippen molar-refractivity contribution < 1.29 is 176 Å². The van der Waals surface area contributed by atoms with Gasteiger partial charge in [-0.2, -0.15) is 171 Å². The summed E-state index contributed by atoms with van der Waals surface area (Å²) in [5.41, 5.74) is -9.08. The van der Waals surface area contributed by atoms with E-state index in [2.05, 4.69) is 0 Å². The first-order valence-corrected chi connectivity index (χ1v) is 19.9. The fraction of sp³-hybridized carbons (Fsp3) is 0.500. The van der Waals surface area contributed by atoms with Gasteiger partial charge in [0.15, 0.2) is 7.14 Å². The van der Waals surface area contributed by atoms with E-state index in [0.29, 0.717) is 0 Å². The van der Waals surface area contributed by atoms with Gasteiger partial charge in [-0.15, -0.1) is 0 Å². The number of benzene rings is 3. The SMILES string of the molecule is O=P(c1ccc(C(F)(F)C(F)(F)C(F)(F)C(F)(F)C(F)(F)C(F)(F)F)cc1)(c1ccc(C(F)(F)C(F)(F)C(F)(F)C(F)(F)C(F)(F)C(F)(F)F)cc1)c1ccc(C(F)(F)C(F)(F)C(F)(F)C(F)(F)C(F)(F)C(F)(F)F)cc1. The van der Waals surface area contributed by atoms with E-state index in [9.17, 15) is 176 Å². The molecule has 0 aromatic heterocycles. The van der Waals surface area contributed by atoms with Crippen LogP contribution in [-0.2, 0) is 22.3 Å². The maximum atomic E-state index is 15.0. The molecule has 0 radical (unpaired) electrons. The Morgan fingerprint density at radius 3 is 0.455 bits per heavy atom. The molecule has 0 spiro atoms. The van der Waals surface area contributed by atoms with Crippen molar-refractivity contribution in [3.8, 4) is 0 Å². The molecule has 1 nitrogen and oxygen atoms in total. The highest BCUT2D eigenvalue weighted by Gasteiger charge is 2.93. The summed E-state index contributed by atoms with van der Waals surface area (Å²) in [6.07, 6.45) is -23.8. The van der Waals surface area contributed by atoms with Gasteiger partial charge >= 0.3 is 107 Å². The Morgan fingerprint density at radius 1 is 0.195 bits per heavy atom.